The molecule has 0 saturated carbocycles. The molecule has 0 atom stereocenters. The maximum absolute atomic E-state index is 4.30. The fourth-order valence-corrected chi connectivity index (χ4v) is 1.66. The highest BCUT2D eigenvalue weighted by atomic mass is 15.0. The number of hydrogen-bond acceptors (Lipinski definition) is 2. The first-order chi connectivity index (χ1) is 7.45. The second kappa shape index (κ2) is 3.20. The number of rotatable bonds is 1. The number of hydrogen-bond donors (Lipinski definition) is 0. The largest absolute Gasteiger partial charge is 0.297 e. The van der Waals surface area contributed by atoms with Crippen molar-refractivity contribution in [1.82, 2.24) is 14.4 Å². The normalized spacial score (nSPS) is 10.7. The van der Waals surface area contributed by atoms with Crippen molar-refractivity contribution >= 4 is 5.65 Å². The Hall–Kier alpha value is -2.16. The van der Waals surface area contributed by atoms with E-state index in [1.807, 2.05) is 35.0 Å². The van der Waals surface area contributed by atoms with Crippen molar-refractivity contribution in [2.24, 2.45) is 0 Å². The molecule has 3 rings (SSSR count). The molecule has 0 spiro atoms. The second-order valence-corrected chi connectivity index (χ2v) is 3.31. The molecule has 0 aliphatic carbocycles. The summed E-state index contributed by atoms with van der Waals surface area (Å²) < 4.78 is 2.03. The van der Waals surface area contributed by atoms with E-state index in [4.69, 9.17) is 0 Å². The van der Waals surface area contributed by atoms with Crippen molar-refractivity contribution in [2.45, 2.75) is 0 Å². The predicted molar refractivity (Wildman–Crippen MR) is 58.4 cm³/mol. The van der Waals surface area contributed by atoms with E-state index in [0.29, 0.717) is 0 Å². The first-order valence-electron chi connectivity index (χ1n) is 4.77. The quantitative estimate of drug-likeness (QED) is 0.596. The lowest BCUT2D eigenvalue weighted by molar-refractivity contribution is 1.13. The molecule has 0 N–H and O–H groups in total. The summed E-state index contributed by atoms with van der Waals surface area (Å²) in [5.41, 5.74) is 3.13. The van der Waals surface area contributed by atoms with Gasteiger partial charge in [0.1, 0.15) is 0 Å². The zero-order valence-corrected chi connectivity index (χ0v) is 8.04. The van der Waals surface area contributed by atoms with Gasteiger partial charge in [0, 0.05) is 18.0 Å². The van der Waals surface area contributed by atoms with Crippen LogP contribution < -0.4 is 0 Å². The second-order valence-electron chi connectivity index (χ2n) is 3.31. The smallest absolute Gasteiger partial charge is 0.155 e. The zero-order chi connectivity index (χ0) is 10.1. The highest BCUT2D eigenvalue weighted by Crippen LogP contribution is 2.19. The van der Waals surface area contributed by atoms with Crippen LogP contribution in [0.25, 0.3) is 16.9 Å². The van der Waals surface area contributed by atoms with Crippen molar-refractivity contribution in [3.05, 3.63) is 55.1 Å². The first kappa shape index (κ1) is 8.17. The average Bonchev–Trinajstić information content (AvgIpc) is 2.74. The van der Waals surface area contributed by atoms with Crippen molar-refractivity contribution in [3.8, 4) is 11.3 Å². The number of nitrogens with zero attached hydrogens (tertiary/aromatic N) is 3. The summed E-state index contributed by atoms with van der Waals surface area (Å²) >= 11 is 0. The van der Waals surface area contributed by atoms with Gasteiger partial charge in [0.25, 0.3) is 0 Å². The van der Waals surface area contributed by atoms with Gasteiger partial charge in [-0.3, -0.25) is 9.38 Å². The molecule has 1 aromatic carbocycles. The third kappa shape index (κ3) is 1.29. The molecule has 0 radical (unpaired) electrons. The van der Waals surface area contributed by atoms with Gasteiger partial charge in [0.15, 0.2) is 5.65 Å². The van der Waals surface area contributed by atoms with Crippen molar-refractivity contribution < 1.29 is 0 Å². The number of imidazole rings is 1. The Balaban J connectivity index is 2.28. The molecule has 0 saturated heterocycles. The van der Waals surface area contributed by atoms with E-state index in [1.54, 1.807) is 12.4 Å². The van der Waals surface area contributed by atoms with Gasteiger partial charge in [0.2, 0.25) is 0 Å². The molecule has 15 heavy (non-hydrogen) atoms. The number of benzene rings is 1. The van der Waals surface area contributed by atoms with Crippen LogP contribution in [0, 0.1) is 0 Å². The van der Waals surface area contributed by atoms with Crippen LogP contribution in [0.4, 0.5) is 0 Å². The van der Waals surface area contributed by atoms with Gasteiger partial charge in [-0.1, -0.05) is 30.3 Å². The minimum Gasteiger partial charge on any atom is -0.297 e. The minimum absolute atomic E-state index is 0.872. The lowest BCUT2D eigenvalue weighted by Crippen LogP contribution is -1.87. The average molecular weight is 195 g/mol. The van der Waals surface area contributed by atoms with E-state index in [1.165, 1.54) is 0 Å². The Morgan fingerprint density at radius 2 is 1.87 bits per heavy atom. The van der Waals surface area contributed by atoms with Gasteiger partial charge < -0.3 is 0 Å². The Kier molecular flexibility index (Phi) is 1.75. The summed E-state index contributed by atoms with van der Waals surface area (Å²) in [5.74, 6) is 0. The molecular formula is C12H9N3. The molecule has 3 heteroatoms. The molecular weight excluding hydrogens is 186 g/mol. The van der Waals surface area contributed by atoms with E-state index in [2.05, 4.69) is 22.1 Å². The van der Waals surface area contributed by atoms with Gasteiger partial charge in [-0.05, 0) is 0 Å². The van der Waals surface area contributed by atoms with E-state index < -0.39 is 0 Å². The fraction of sp³-hybridized carbons (Fsp3) is 0. The predicted octanol–water partition coefficient (Wildman–Crippen LogP) is 2.40. The lowest BCUT2D eigenvalue weighted by Gasteiger charge is -1.99. The lowest BCUT2D eigenvalue weighted by atomic mass is 10.2. The molecule has 3 nitrogen and oxygen atoms in total. The number of fused-ring (bicyclic) bond motifs is 1. The standard InChI is InChI=1S/C12H9N3/c1-2-4-10(5-3-1)11-8-14-12-9-13-6-7-15(11)12/h1-9H. The monoisotopic (exact) mass is 195 g/mol. The summed E-state index contributed by atoms with van der Waals surface area (Å²) in [7, 11) is 0. The fourth-order valence-electron chi connectivity index (χ4n) is 1.66. The van der Waals surface area contributed by atoms with Gasteiger partial charge >= 0.3 is 0 Å². The third-order valence-electron chi connectivity index (χ3n) is 2.39. The molecule has 2 aromatic heterocycles. The zero-order valence-electron chi connectivity index (χ0n) is 8.04. The number of aromatic nitrogens is 3. The van der Waals surface area contributed by atoms with Gasteiger partial charge in [-0.25, -0.2) is 4.98 Å². The SMILES string of the molecule is c1ccc(-c2cnc3cnccn23)cc1. The minimum atomic E-state index is 0.872. The van der Waals surface area contributed by atoms with Crippen LogP contribution in [0.2, 0.25) is 0 Å². The molecule has 0 aliphatic heterocycles. The van der Waals surface area contributed by atoms with E-state index in [0.717, 1.165) is 16.9 Å². The maximum atomic E-state index is 4.30. The van der Waals surface area contributed by atoms with Gasteiger partial charge in [0.05, 0.1) is 18.1 Å². The Morgan fingerprint density at radius 1 is 1.00 bits per heavy atom. The summed E-state index contributed by atoms with van der Waals surface area (Å²) in [6, 6.07) is 10.2. The molecule has 72 valence electrons. The summed E-state index contributed by atoms with van der Waals surface area (Å²) in [6.07, 6.45) is 7.31. The Bertz CT molecular complexity index is 584. The van der Waals surface area contributed by atoms with Crippen LogP contribution in [0.15, 0.2) is 55.1 Å². The van der Waals surface area contributed by atoms with Crippen molar-refractivity contribution in [3.63, 3.8) is 0 Å². The highest BCUT2D eigenvalue weighted by Gasteiger charge is 2.03. The van der Waals surface area contributed by atoms with E-state index >= 15 is 0 Å². The molecule has 0 bridgehead atoms. The summed E-state index contributed by atoms with van der Waals surface area (Å²) in [6.45, 7) is 0. The molecule has 3 aromatic rings. The maximum Gasteiger partial charge on any atom is 0.155 e. The van der Waals surface area contributed by atoms with Crippen LogP contribution in [0.3, 0.4) is 0 Å². The van der Waals surface area contributed by atoms with Crippen LogP contribution in [-0.2, 0) is 0 Å². The van der Waals surface area contributed by atoms with Crippen LogP contribution >= 0.6 is 0 Å². The van der Waals surface area contributed by atoms with Gasteiger partial charge in [-0.2, -0.15) is 0 Å². The summed E-state index contributed by atoms with van der Waals surface area (Å²) in [5, 5.41) is 0. The van der Waals surface area contributed by atoms with Crippen LogP contribution in [0.5, 0.6) is 0 Å². The molecule has 2 heterocycles. The van der Waals surface area contributed by atoms with Gasteiger partial charge in [-0.15, -0.1) is 0 Å². The Morgan fingerprint density at radius 3 is 2.73 bits per heavy atom. The molecule has 0 amide bonds. The molecule has 0 unspecified atom stereocenters. The molecule has 0 aliphatic rings. The van der Waals surface area contributed by atoms with Crippen LogP contribution in [-0.4, -0.2) is 14.4 Å². The van der Waals surface area contributed by atoms with E-state index in [9.17, 15) is 0 Å². The summed E-state index contributed by atoms with van der Waals surface area (Å²) in [4.78, 5) is 8.33. The molecule has 0 fully saturated rings. The Labute approximate surface area is 87.0 Å². The van der Waals surface area contributed by atoms with E-state index in [-0.39, 0.29) is 0 Å². The topological polar surface area (TPSA) is 30.2 Å². The van der Waals surface area contributed by atoms with Crippen LogP contribution in [0.1, 0.15) is 0 Å². The highest BCUT2D eigenvalue weighted by molar-refractivity contribution is 5.62. The van der Waals surface area contributed by atoms with Crippen molar-refractivity contribution in [2.75, 3.05) is 0 Å². The first-order valence-corrected chi connectivity index (χ1v) is 4.77. The van der Waals surface area contributed by atoms with Crippen molar-refractivity contribution in [1.29, 1.82) is 0 Å². The third-order valence-corrected chi connectivity index (χ3v) is 2.39.